The van der Waals surface area contributed by atoms with E-state index in [1.54, 1.807) is 43.5 Å². The van der Waals surface area contributed by atoms with Crippen LogP contribution in [0.15, 0.2) is 70.5 Å². The summed E-state index contributed by atoms with van der Waals surface area (Å²) in [6.07, 6.45) is 1.35. The van der Waals surface area contributed by atoms with Gasteiger partial charge in [0.2, 0.25) is 11.8 Å². The number of amidine groups is 1. The van der Waals surface area contributed by atoms with E-state index in [-0.39, 0.29) is 28.9 Å². The van der Waals surface area contributed by atoms with Crippen molar-refractivity contribution in [3.63, 3.8) is 0 Å². The van der Waals surface area contributed by atoms with Gasteiger partial charge < -0.3 is 10.1 Å². The highest BCUT2D eigenvalue weighted by molar-refractivity contribution is 8.16. The van der Waals surface area contributed by atoms with Gasteiger partial charge in [0.1, 0.15) is 11.0 Å². The van der Waals surface area contributed by atoms with Crippen LogP contribution in [0.25, 0.3) is 0 Å². The number of anilines is 1. The van der Waals surface area contributed by atoms with Gasteiger partial charge in [-0.2, -0.15) is 8.42 Å². The summed E-state index contributed by atoms with van der Waals surface area (Å²) in [7, 11) is -2.47. The molecular formula is C22H23N3O5S2. The lowest BCUT2D eigenvalue weighted by atomic mass is 10.2. The number of aryl methyl sites for hydroxylation is 1. The van der Waals surface area contributed by atoms with Gasteiger partial charge in [-0.05, 0) is 43.3 Å². The SMILES string of the molecule is C=CCN1C(=O)C(CC(=O)Nc2ccc(OC)cc2)S/C1=N/S(=O)(=O)c1ccc(C)cc1. The summed E-state index contributed by atoms with van der Waals surface area (Å²) in [6, 6.07) is 13.1. The molecule has 1 atom stereocenters. The molecule has 8 nitrogen and oxygen atoms in total. The molecule has 168 valence electrons. The van der Waals surface area contributed by atoms with Crippen LogP contribution < -0.4 is 10.1 Å². The van der Waals surface area contributed by atoms with Crippen molar-refractivity contribution in [1.82, 2.24) is 4.90 Å². The van der Waals surface area contributed by atoms with Crippen LogP contribution in [0.5, 0.6) is 5.75 Å². The number of thioether (sulfide) groups is 1. The maximum atomic E-state index is 12.8. The quantitative estimate of drug-likeness (QED) is 0.591. The topological polar surface area (TPSA) is 105 Å². The fourth-order valence-electron chi connectivity index (χ4n) is 2.93. The van der Waals surface area contributed by atoms with Crippen molar-refractivity contribution in [1.29, 1.82) is 0 Å². The number of nitrogens with zero attached hydrogens (tertiary/aromatic N) is 2. The van der Waals surface area contributed by atoms with E-state index in [1.807, 2.05) is 6.92 Å². The second-order valence-corrected chi connectivity index (χ2v) is 9.76. The maximum absolute atomic E-state index is 12.8. The van der Waals surface area contributed by atoms with Gasteiger partial charge in [0.05, 0.1) is 12.0 Å². The van der Waals surface area contributed by atoms with Gasteiger partial charge in [-0.25, -0.2) is 0 Å². The Morgan fingerprint density at radius 2 is 1.88 bits per heavy atom. The molecule has 0 aliphatic carbocycles. The second-order valence-electron chi connectivity index (χ2n) is 6.99. The van der Waals surface area contributed by atoms with Crippen molar-refractivity contribution in [2.75, 3.05) is 19.0 Å². The van der Waals surface area contributed by atoms with E-state index in [0.29, 0.717) is 11.4 Å². The molecule has 0 spiro atoms. The van der Waals surface area contributed by atoms with Gasteiger partial charge in [-0.1, -0.05) is 35.5 Å². The van der Waals surface area contributed by atoms with Crippen molar-refractivity contribution in [2.24, 2.45) is 4.40 Å². The smallest absolute Gasteiger partial charge is 0.284 e. The number of ether oxygens (including phenoxy) is 1. The van der Waals surface area contributed by atoms with E-state index in [4.69, 9.17) is 4.74 Å². The number of methoxy groups -OCH3 is 1. The van der Waals surface area contributed by atoms with E-state index >= 15 is 0 Å². The van der Waals surface area contributed by atoms with Crippen LogP contribution in [-0.4, -0.2) is 49.2 Å². The summed E-state index contributed by atoms with van der Waals surface area (Å²) < 4.78 is 34.4. The summed E-state index contributed by atoms with van der Waals surface area (Å²) in [6.45, 7) is 5.55. The van der Waals surface area contributed by atoms with Gasteiger partial charge in [-0.3, -0.25) is 14.5 Å². The first kappa shape index (κ1) is 23.6. The Morgan fingerprint density at radius 1 is 1.22 bits per heavy atom. The molecule has 2 amide bonds. The van der Waals surface area contributed by atoms with Crippen molar-refractivity contribution in [2.45, 2.75) is 23.5 Å². The molecule has 1 aliphatic rings. The molecule has 10 heteroatoms. The highest BCUT2D eigenvalue weighted by Gasteiger charge is 2.39. The number of benzene rings is 2. The first-order valence-corrected chi connectivity index (χ1v) is 12.0. The number of sulfonamides is 1. The summed E-state index contributed by atoms with van der Waals surface area (Å²) in [5.41, 5.74) is 1.48. The highest BCUT2D eigenvalue weighted by atomic mass is 32.2. The molecule has 1 saturated heterocycles. The average molecular weight is 474 g/mol. The van der Waals surface area contributed by atoms with Crippen LogP contribution in [0.2, 0.25) is 0 Å². The fourth-order valence-corrected chi connectivity index (χ4v) is 5.29. The number of rotatable bonds is 8. The fraction of sp³-hybridized carbons (Fsp3) is 0.227. The van der Waals surface area contributed by atoms with E-state index in [2.05, 4.69) is 16.3 Å². The zero-order valence-electron chi connectivity index (χ0n) is 17.6. The molecule has 32 heavy (non-hydrogen) atoms. The van der Waals surface area contributed by atoms with Gasteiger partial charge in [0.15, 0.2) is 5.17 Å². The third-order valence-corrected chi connectivity index (χ3v) is 7.17. The van der Waals surface area contributed by atoms with Crippen molar-refractivity contribution >= 4 is 44.5 Å². The molecule has 1 aliphatic heterocycles. The van der Waals surface area contributed by atoms with Crippen LogP contribution in [0.4, 0.5) is 5.69 Å². The predicted octanol–water partition coefficient (Wildman–Crippen LogP) is 3.21. The molecule has 0 bridgehead atoms. The van der Waals surface area contributed by atoms with Crippen LogP contribution >= 0.6 is 11.8 Å². The summed E-state index contributed by atoms with van der Waals surface area (Å²) in [4.78, 5) is 26.6. The van der Waals surface area contributed by atoms with E-state index in [1.165, 1.54) is 23.1 Å². The predicted molar refractivity (Wildman–Crippen MR) is 125 cm³/mol. The Kier molecular flexibility index (Phi) is 7.37. The van der Waals surface area contributed by atoms with Crippen molar-refractivity contribution < 1.29 is 22.7 Å². The zero-order valence-corrected chi connectivity index (χ0v) is 19.3. The third-order valence-electron chi connectivity index (χ3n) is 4.59. The Morgan fingerprint density at radius 3 is 2.47 bits per heavy atom. The third kappa shape index (κ3) is 5.57. The van der Waals surface area contributed by atoms with Crippen molar-refractivity contribution in [3.8, 4) is 5.75 Å². The highest BCUT2D eigenvalue weighted by Crippen LogP contribution is 2.31. The number of hydrogen-bond donors (Lipinski definition) is 1. The lowest BCUT2D eigenvalue weighted by Crippen LogP contribution is -2.33. The average Bonchev–Trinajstić information content (AvgIpc) is 3.03. The Bertz CT molecular complexity index is 1140. The number of hydrogen-bond acceptors (Lipinski definition) is 6. The minimum atomic E-state index is -4.02. The lowest BCUT2D eigenvalue weighted by Gasteiger charge is -2.13. The monoisotopic (exact) mass is 473 g/mol. The van der Waals surface area contributed by atoms with Gasteiger partial charge >= 0.3 is 0 Å². The Labute approximate surface area is 191 Å². The molecule has 0 aromatic heterocycles. The zero-order chi connectivity index (χ0) is 23.3. The molecule has 1 N–H and O–H groups in total. The molecule has 3 rings (SSSR count). The number of nitrogens with one attached hydrogen (secondary N) is 1. The summed E-state index contributed by atoms with van der Waals surface area (Å²) in [5, 5.41) is 1.96. The second kappa shape index (κ2) is 10.0. The molecule has 1 heterocycles. The van der Waals surface area contributed by atoms with E-state index in [9.17, 15) is 18.0 Å². The Hall–Kier alpha value is -3.11. The summed E-state index contributed by atoms with van der Waals surface area (Å²) in [5.74, 6) is -0.111. The van der Waals surface area contributed by atoms with Crippen LogP contribution in [0.3, 0.4) is 0 Å². The molecule has 2 aromatic rings. The van der Waals surface area contributed by atoms with Gasteiger partial charge in [0.25, 0.3) is 10.0 Å². The molecule has 2 aromatic carbocycles. The van der Waals surface area contributed by atoms with Gasteiger partial charge in [0, 0.05) is 18.7 Å². The molecule has 0 saturated carbocycles. The first-order valence-electron chi connectivity index (χ1n) is 9.68. The standard InChI is InChI=1S/C22H23N3O5S2/c1-4-13-25-21(27)19(14-20(26)23-16-7-9-17(30-3)10-8-16)31-22(25)24-32(28,29)18-11-5-15(2)6-12-18/h4-12,19H,1,13-14H2,2-3H3,(H,23,26)/b24-22+. The number of carbonyl (C=O) groups excluding carboxylic acids is 2. The lowest BCUT2D eigenvalue weighted by molar-refractivity contribution is -0.127. The molecule has 0 radical (unpaired) electrons. The minimum absolute atomic E-state index is 0.0257. The van der Waals surface area contributed by atoms with Crippen LogP contribution in [0.1, 0.15) is 12.0 Å². The maximum Gasteiger partial charge on any atom is 0.284 e. The number of amides is 2. The molecular weight excluding hydrogens is 450 g/mol. The molecule has 1 unspecified atom stereocenters. The van der Waals surface area contributed by atoms with Crippen LogP contribution in [0, 0.1) is 6.92 Å². The number of carbonyl (C=O) groups is 2. The van der Waals surface area contributed by atoms with E-state index < -0.39 is 21.2 Å². The minimum Gasteiger partial charge on any atom is -0.497 e. The Balaban J connectivity index is 1.76. The normalized spacial score (nSPS) is 17.4. The van der Waals surface area contributed by atoms with Gasteiger partial charge in [-0.15, -0.1) is 11.0 Å². The first-order chi connectivity index (χ1) is 15.2. The van der Waals surface area contributed by atoms with Crippen molar-refractivity contribution in [3.05, 3.63) is 66.7 Å². The van der Waals surface area contributed by atoms with Crippen LogP contribution in [-0.2, 0) is 19.6 Å². The summed E-state index contributed by atoms with van der Waals surface area (Å²) >= 11 is 0.955. The van der Waals surface area contributed by atoms with E-state index in [0.717, 1.165) is 17.3 Å². The molecule has 1 fully saturated rings. The largest absolute Gasteiger partial charge is 0.497 e.